The normalized spacial score (nSPS) is 19.0. The highest BCUT2D eigenvalue weighted by Gasteiger charge is 2.28. The molecular formula is C21H24FN5O3. The number of nitrogens with one attached hydrogen (secondary N) is 1. The van der Waals surface area contributed by atoms with Crippen molar-refractivity contribution in [2.75, 3.05) is 12.4 Å². The van der Waals surface area contributed by atoms with Crippen LogP contribution in [0.5, 0.6) is 5.75 Å². The molecule has 1 saturated carbocycles. The summed E-state index contributed by atoms with van der Waals surface area (Å²) in [5.41, 5.74) is 1.02. The van der Waals surface area contributed by atoms with Crippen LogP contribution in [0.4, 0.5) is 10.2 Å². The van der Waals surface area contributed by atoms with Crippen LogP contribution in [-0.4, -0.2) is 32.1 Å². The molecule has 1 amide bonds. The summed E-state index contributed by atoms with van der Waals surface area (Å²) >= 11 is 0. The van der Waals surface area contributed by atoms with Crippen molar-refractivity contribution in [1.29, 1.82) is 0 Å². The van der Waals surface area contributed by atoms with E-state index in [0.717, 1.165) is 25.7 Å². The van der Waals surface area contributed by atoms with Gasteiger partial charge in [0, 0.05) is 37.8 Å². The van der Waals surface area contributed by atoms with Gasteiger partial charge in [-0.2, -0.15) is 0 Å². The average molecular weight is 413 g/mol. The molecule has 2 aromatic heterocycles. The second kappa shape index (κ2) is 8.25. The van der Waals surface area contributed by atoms with E-state index in [9.17, 15) is 14.0 Å². The molecule has 8 nitrogen and oxygen atoms in total. The van der Waals surface area contributed by atoms with Crippen LogP contribution in [0.25, 0.3) is 11.0 Å². The first-order valence-corrected chi connectivity index (χ1v) is 9.97. The summed E-state index contributed by atoms with van der Waals surface area (Å²) in [6, 6.07) is 4.57. The quantitative estimate of drug-likeness (QED) is 0.695. The van der Waals surface area contributed by atoms with Gasteiger partial charge in [-0.25, -0.2) is 19.2 Å². The lowest BCUT2D eigenvalue weighted by Crippen LogP contribution is -2.31. The van der Waals surface area contributed by atoms with E-state index < -0.39 is 5.82 Å². The smallest absolute Gasteiger partial charge is 0.328 e. The van der Waals surface area contributed by atoms with Gasteiger partial charge in [0.25, 0.3) is 0 Å². The number of nitrogens with zero attached hydrogens (tertiary/aromatic N) is 4. The maximum atomic E-state index is 14.1. The number of imidazole rings is 1. The minimum Gasteiger partial charge on any atom is -0.494 e. The molecule has 1 N–H and O–H groups in total. The molecule has 0 aliphatic heterocycles. The van der Waals surface area contributed by atoms with E-state index in [4.69, 9.17) is 4.74 Å². The number of ether oxygens (including phenoxy) is 1. The molecule has 0 saturated heterocycles. The van der Waals surface area contributed by atoms with Crippen molar-refractivity contribution < 1.29 is 13.9 Å². The Morgan fingerprint density at radius 3 is 2.70 bits per heavy atom. The van der Waals surface area contributed by atoms with E-state index >= 15 is 0 Å². The fourth-order valence-corrected chi connectivity index (χ4v) is 4.20. The number of hydrogen-bond acceptors (Lipinski definition) is 5. The number of aryl methyl sites for hydroxylation is 1. The fourth-order valence-electron chi connectivity index (χ4n) is 4.20. The molecule has 30 heavy (non-hydrogen) atoms. The Kier molecular flexibility index (Phi) is 5.52. The highest BCUT2D eigenvalue weighted by Crippen LogP contribution is 2.32. The van der Waals surface area contributed by atoms with Crippen molar-refractivity contribution >= 4 is 22.8 Å². The number of anilines is 1. The molecular weight excluding hydrogens is 389 g/mol. The second-order valence-corrected chi connectivity index (χ2v) is 7.73. The Labute approximate surface area is 172 Å². The number of carbonyl (C=O) groups excluding carboxylic acids is 1. The van der Waals surface area contributed by atoms with Crippen LogP contribution in [0, 0.1) is 17.7 Å². The Morgan fingerprint density at radius 2 is 2.03 bits per heavy atom. The standard InChI is InChI=1S/C21H24FN5O3/c1-26-16-9-15(22)18(30-2)10-17(16)27(21(26)29)11-13-3-5-14(6-4-13)20(28)25-19-7-8-23-12-24-19/h7-10,12-14H,3-6,11H2,1-2H3,(H,23,24,25,28). The van der Waals surface area contributed by atoms with Crippen molar-refractivity contribution in [3.8, 4) is 5.75 Å². The number of rotatable bonds is 5. The SMILES string of the molecule is COc1cc2c(cc1F)n(C)c(=O)n2CC1CCC(C(=O)Nc2ccncn2)CC1. The number of hydrogen-bond donors (Lipinski definition) is 1. The van der Waals surface area contributed by atoms with Crippen LogP contribution in [0.15, 0.2) is 35.5 Å². The molecule has 0 unspecified atom stereocenters. The number of benzene rings is 1. The van der Waals surface area contributed by atoms with Crippen molar-refractivity contribution in [2.45, 2.75) is 32.2 Å². The zero-order valence-electron chi connectivity index (χ0n) is 17.0. The molecule has 0 radical (unpaired) electrons. The van der Waals surface area contributed by atoms with Crippen LogP contribution in [-0.2, 0) is 18.4 Å². The molecule has 158 valence electrons. The predicted octanol–water partition coefficient (Wildman–Crippen LogP) is 2.72. The largest absolute Gasteiger partial charge is 0.494 e. The van der Waals surface area contributed by atoms with E-state index in [0.29, 0.717) is 23.4 Å². The summed E-state index contributed by atoms with van der Waals surface area (Å²) in [5, 5.41) is 2.83. The first-order chi connectivity index (χ1) is 14.5. The molecule has 1 aliphatic rings. The zero-order chi connectivity index (χ0) is 21.3. The number of fused-ring (bicyclic) bond motifs is 1. The van der Waals surface area contributed by atoms with Gasteiger partial charge in [0.05, 0.1) is 18.1 Å². The average Bonchev–Trinajstić information content (AvgIpc) is 2.98. The monoisotopic (exact) mass is 413 g/mol. The Hall–Kier alpha value is -3.23. The first-order valence-electron chi connectivity index (χ1n) is 9.97. The van der Waals surface area contributed by atoms with Crippen LogP contribution < -0.4 is 15.7 Å². The van der Waals surface area contributed by atoms with Crippen LogP contribution in [0.1, 0.15) is 25.7 Å². The summed E-state index contributed by atoms with van der Waals surface area (Å²) < 4.78 is 22.3. The van der Waals surface area contributed by atoms with E-state index in [1.165, 1.54) is 24.1 Å². The van der Waals surface area contributed by atoms with Gasteiger partial charge in [0.2, 0.25) is 5.91 Å². The summed E-state index contributed by atoms with van der Waals surface area (Å²) in [4.78, 5) is 33.1. The molecule has 2 heterocycles. The Balaban J connectivity index is 1.45. The number of carbonyl (C=O) groups is 1. The topological polar surface area (TPSA) is 91.0 Å². The zero-order valence-corrected chi connectivity index (χ0v) is 17.0. The number of aromatic nitrogens is 4. The Bertz CT molecular complexity index is 1120. The van der Waals surface area contributed by atoms with Gasteiger partial charge >= 0.3 is 5.69 Å². The van der Waals surface area contributed by atoms with Crippen LogP contribution >= 0.6 is 0 Å². The third-order valence-corrected chi connectivity index (χ3v) is 5.91. The minimum atomic E-state index is -0.493. The Morgan fingerprint density at radius 1 is 1.27 bits per heavy atom. The third-order valence-electron chi connectivity index (χ3n) is 5.91. The maximum absolute atomic E-state index is 14.1. The molecule has 0 spiro atoms. The van der Waals surface area contributed by atoms with Gasteiger partial charge in [0.15, 0.2) is 11.6 Å². The van der Waals surface area contributed by atoms with E-state index in [1.807, 2.05) is 0 Å². The van der Waals surface area contributed by atoms with E-state index in [-0.39, 0.29) is 29.2 Å². The number of methoxy groups -OCH3 is 1. The molecule has 9 heteroatoms. The first kappa shape index (κ1) is 20.1. The predicted molar refractivity (Wildman–Crippen MR) is 110 cm³/mol. The molecule has 3 aromatic rings. The van der Waals surface area contributed by atoms with Crippen molar-refractivity contribution in [3.05, 3.63) is 47.0 Å². The highest BCUT2D eigenvalue weighted by atomic mass is 19.1. The van der Waals surface area contributed by atoms with Crippen LogP contribution in [0.3, 0.4) is 0 Å². The highest BCUT2D eigenvalue weighted by molar-refractivity contribution is 5.91. The molecule has 0 bridgehead atoms. The minimum absolute atomic E-state index is 0.0327. The van der Waals surface area contributed by atoms with Crippen molar-refractivity contribution in [3.63, 3.8) is 0 Å². The number of amides is 1. The van der Waals surface area contributed by atoms with Gasteiger partial charge in [-0.05, 0) is 37.7 Å². The van der Waals surface area contributed by atoms with Crippen molar-refractivity contribution in [1.82, 2.24) is 19.1 Å². The molecule has 1 aromatic carbocycles. The van der Waals surface area contributed by atoms with Gasteiger partial charge < -0.3 is 10.1 Å². The maximum Gasteiger partial charge on any atom is 0.328 e. The molecule has 1 fully saturated rings. The van der Waals surface area contributed by atoms with E-state index in [2.05, 4.69) is 15.3 Å². The summed E-state index contributed by atoms with van der Waals surface area (Å²) in [6.45, 7) is 0.533. The lowest BCUT2D eigenvalue weighted by molar-refractivity contribution is -0.121. The van der Waals surface area contributed by atoms with Crippen molar-refractivity contribution in [2.24, 2.45) is 18.9 Å². The lowest BCUT2D eigenvalue weighted by atomic mass is 9.81. The lowest BCUT2D eigenvalue weighted by Gasteiger charge is -2.27. The fraction of sp³-hybridized carbons (Fsp3) is 0.429. The molecule has 0 atom stereocenters. The van der Waals surface area contributed by atoms with Crippen LogP contribution in [0.2, 0.25) is 0 Å². The number of halogens is 1. The van der Waals surface area contributed by atoms with Gasteiger partial charge in [-0.1, -0.05) is 0 Å². The molecule has 4 rings (SSSR count). The summed E-state index contributed by atoms with van der Waals surface area (Å²) in [6.07, 6.45) is 6.15. The van der Waals surface area contributed by atoms with Gasteiger partial charge in [0.1, 0.15) is 12.1 Å². The van der Waals surface area contributed by atoms with Gasteiger partial charge in [-0.3, -0.25) is 13.9 Å². The summed E-state index contributed by atoms with van der Waals surface area (Å²) in [7, 11) is 3.05. The van der Waals surface area contributed by atoms with Gasteiger partial charge in [-0.15, -0.1) is 0 Å². The van der Waals surface area contributed by atoms with E-state index in [1.54, 1.807) is 29.9 Å². The third kappa shape index (κ3) is 3.79. The summed E-state index contributed by atoms with van der Waals surface area (Å²) in [5.74, 6) is 0.289. The molecule has 1 aliphatic carbocycles. The second-order valence-electron chi connectivity index (χ2n) is 7.73.